The first-order valence-corrected chi connectivity index (χ1v) is 9.20. The van der Waals surface area contributed by atoms with Gasteiger partial charge in [0.2, 0.25) is 0 Å². The molecule has 1 unspecified atom stereocenters. The van der Waals surface area contributed by atoms with E-state index < -0.39 is 0 Å². The fourth-order valence-electron chi connectivity index (χ4n) is 2.78. The third-order valence-corrected chi connectivity index (χ3v) is 4.53. The summed E-state index contributed by atoms with van der Waals surface area (Å²) in [5.74, 6) is 1.86. The smallest absolute Gasteiger partial charge is 0.258 e. The van der Waals surface area contributed by atoms with Crippen LogP contribution < -0.4 is 14.8 Å². The van der Waals surface area contributed by atoms with Gasteiger partial charge in [0.15, 0.2) is 6.61 Å². The summed E-state index contributed by atoms with van der Waals surface area (Å²) in [5.41, 5.74) is 2.37. The van der Waals surface area contributed by atoms with Gasteiger partial charge in [-0.1, -0.05) is 38.1 Å². The van der Waals surface area contributed by atoms with E-state index in [0.717, 1.165) is 11.3 Å². The van der Waals surface area contributed by atoms with Crippen molar-refractivity contribution in [1.82, 2.24) is 10.2 Å². The summed E-state index contributed by atoms with van der Waals surface area (Å²) in [7, 11) is 5.64. The fourth-order valence-corrected chi connectivity index (χ4v) is 2.78. The minimum Gasteiger partial charge on any atom is -0.497 e. The highest BCUT2D eigenvalue weighted by Crippen LogP contribution is 2.21. The molecular formula is C22H30N2O3. The van der Waals surface area contributed by atoms with Gasteiger partial charge < -0.3 is 19.7 Å². The Kier molecular flexibility index (Phi) is 7.67. The van der Waals surface area contributed by atoms with Gasteiger partial charge in [-0.15, -0.1) is 0 Å². The highest BCUT2D eigenvalue weighted by atomic mass is 16.5. The molecule has 1 amide bonds. The molecule has 0 saturated carbocycles. The molecule has 0 fully saturated rings. The maximum Gasteiger partial charge on any atom is 0.258 e. The Morgan fingerprint density at radius 2 is 1.52 bits per heavy atom. The van der Waals surface area contributed by atoms with Gasteiger partial charge in [-0.3, -0.25) is 4.79 Å². The molecule has 27 heavy (non-hydrogen) atoms. The summed E-state index contributed by atoms with van der Waals surface area (Å²) in [6.45, 7) is 4.80. The molecule has 2 aromatic rings. The van der Waals surface area contributed by atoms with E-state index in [9.17, 15) is 4.79 Å². The van der Waals surface area contributed by atoms with Gasteiger partial charge in [0.1, 0.15) is 11.5 Å². The monoisotopic (exact) mass is 370 g/mol. The van der Waals surface area contributed by atoms with Crippen molar-refractivity contribution in [3.8, 4) is 11.5 Å². The highest BCUT2D eigenvalue weighted by Gasteiger charge is 2.15. The zero-order chi connectivity index (χ0) is 19.8. The number of amides is 1. The SMILES string of the molecule is COc1ccc(C(CNC(=O)COc2ccc(C(C)C)cc2)N(C)C)cc1. The van der Waals surface area contributed by atoms with E-state index in [-0.39, 0.29) is 18.6 Å². The van der Waals surface area contributed by atoms with Gasteiger partial charge in [-0.25, -0.2) is 0 Å². The molecule has 2 aromatic carbocycles. The molecule has 1 N–H and O–H groups in total. The van der Waals surface area contributed by atoms with Crippen molar-refractivity contribution in [2.75, 3.05) is 34.4 Å². The van der Waals surface area contributed by atoms with Gasteiger partial charge in [-0.2, -0.15) is 0 Å². The first-order chi connectivity index (χ1) is 12.9. The van der Waals surface area contributed by atoms with Crippen molar-refractivity contribution in [1.29, 1.82) is 0 Å². The van der Waals surface area contributed by atoms with Crippen LogP contribution in [0.5, 0.6) is 11.5 Å². The Morgan fingerprint density at radius 1 is 0.963 bits per heavy atom. The summed E-state index contributed by atoms with van der Waals surface area (Å²) in [6.07, 6.45) is 0. The quantitative estimate of drug-likeness (QED) is 0.732. The Labute approximate surface area is 162 Å². The van der Waals surface area contributed by atoms with E-state index >= 15 is 0 Å². The highest BCUT2D eigenvalue weighted by molar-refractivity contribution is 5.77. The van der Waals surface area contributed by atoms with Crippen LogP contribution in [0.2, 0.25) is 0 Å². The molecule has 0 aliphatic carbocycles. The van der Waals surface area contributed by atoms with Crippen molar-refractivity contribution in [2.45, 2.75) is 25.8 Å². The minimum atomic E-state index is -0.136. The molecule has 5 nitrogen and oxygen atoms in total. The lowest BCUT2D eigenvalue weighted by Gasteiger charge is -2.25. The number of carbonyl (C=O) groups excluding carboxylic acids is 1. The van der Waals surface area contributed by atoms with Gasteiger partial charge in [0, 0.05) is 6.54 Å². The van der Waals surface area contributed by atoms with Crippen LogP contribution in [-0.2, 0) is 4.79 Å². The largest absolute Gasteiger partial charge is 0.497 e. The average Bonchev–Trinajstić information content (AvgIpc) is 2.67. The van der Waals surface area contributed by atoms with E-state index in [1.54, 1.807) is 7.11 Å². The van der Waals surface area contributed by atoms with Crippen LogP contribution in [0, 0.1) is 0 Å². The van der Waals surface area contributed by atoms with Crippen LogP contribution in [0.1, 0.15) is 36.9 Å². The molecule has 0 saturated heterocycles. The molecule has 0 aromatic heterocycles. The lowest BCUT2D eigenvalue weighted by Crippen LogP contribution is -2.36. The lowest BCUT2D eigenvalue weighted by molar-refractivity contribution is -0.123. The number of ether oxygens (including phenoxy) is 2. The number of rotatable bonds is 9. The molecule has 0 aliphatic heterocycles. The minimum absolute atomic E-state index is 0.00376. The molecule has 0 bridgehead atoms. The van der Waals surface area contributed by atoms with E-state index in [1.165, 1.54) is 5.56 Å². The van der Waals surface area contributed by atoms with E-state index in [0.29, 0.717) is 18.2 Å². The number of hydrogen-bond donors (Lipinski definition) is 1. The molecule has 2 rings (SSSR count). The predicted octanol–water partition coefficient (Wildman–Crippen LogP) is 3.62. The Bertz CT molecular complexity index is 709. The number of nitrogens with one attached hydrogen (secondary N) is 1. The first kappa shape index (κ1) is 20.8. The fraction of sp³-hybridized carbons (Fsp3) is 0.409. The summed E-state index contributed by atoms with van der Waals surface area (Å²) in [6, 6.07) is 15.8. The maximum atomic E-state index is 12.2. The molecule has 146 valence electrons. The van der Waals surface area contributed by atoms with Gasteiger partial charge in [0.05, 0.1) is 13.2 Å². The normalized spacial score (nSPS) is 12.1. The summed E-state index contributed by atoms with van der Waals surface area (Å²) >= 11 is 0. The standard InChI is InChI=1S/C22H30N2O3/c1-16(2)17-6-12-20(13-7-17)27-15-22(25)23-14-21(24(3)4)18-8-10-19(26-5)11-9-18/h6-13,16,21H,14-15H2,1-5H3,(H,23,25). The Hall–Kier alpha value is -2.53. The van der Waals surface area contributed by atoms with Crippen LogP contribution in [0.15, 0.2) is 48.5 Å². The number of benzene rings is 2. The molecular weight excluding hydrogens is 340 g/mol. The van der Waals surface area contributed by atoms with Crippen LogP contribution in [0.25, 0.3) is 0 Å². The van der Waals surface area contributed by atoms with E-state index in [1.807, 2.05) is 62.6 Å². The topological polar surface area (TPSA) is 50.8 Å². The second-order valence-corrected chi connectivity index (χ2v) is 7.07. The second-order valence-electron chi connectivity index (χ2n) is 7.07. The number of hydrogen-bond acceptors (Lipinski definition) is 4. The van der Waals surface area contributed by atoms with Crippen LogP contribution in [0.4, 0.5) is 0 Å². The summed E-state index contributed by atoms with van der Waals surface area (Å²) in [5, 5.41) is 2.95. The first-order valence-electron chi connectivity index (χ1n) is 9.20. The van der Waals surface area contributed by atoms with Gasteiger partial charge in [0.25, 0.3) is 5.91 Å². The zero-order valence-electron chi connectivity index (χ0n) is 16.9. The van der Waals surface area contributed by atoms with E-state index in [2.05, 4.69) is 24.1 Å². The molecule has 0 heterocycles. The predicted molar refractivity (Wildman–Crippen MR) is 108 cm³/mol. The second kappa shape index (κ2) is 9.97. The molecule has 5 heteroatoms. The molecule has 0 radical (unpaired) electrons. The van der Waals surface area contributed by atoms with Crippen molar-refractivity contribution >= 4 is 5.91 Å². The lowest BCUT2D eigenvalue weighted by atomic mass is 10.0. The van der Waals surface area contributed by atoms with Crippen LogP contribution in [-0.4, -0.2) is 45.2 Å². The molecule has 1 atom stereocenters. The average molecular weight is 370 g/mol. The molecule has 0 spiro atoms. The summed E-state index contributed by atoms with van der Waals surface area (Å²) < 4.78 is 10.8. The Balaban J connectivity index is 1.86. The number of likely N-dealkylation sites (N-methyl/N-ethyl adjacent to an activating group) is 1. The number of carbonyl (C=O) groups is 1. The van der Waals surface area contributed by atoms with E-state index in [4.69, 9.17) is 9.47 Å². The van der Waals surface area contributed by atoms with Crippen molar-refractivity contribution < 1.29 is 14.3 Å². The van der Waals surface area contributed by atoms with Crippen molar-refractivity contribution in [3.05, 3.63) is 59.7 Å². The van der Waals surface area contributed by atoms with Crippen LogP contribution >= 0.6 is 0 Å². The number of methoxy groups -OCH3 is 1. The maximum absolute atomic E-state index is 12.2. The van der Waals surface area contributed by atoms with Crippen molar-refractivity contribution in [3.63, 3.8) is 0 Å². The van der Waals surface area contributed by atoms with Gasteiger partial charge >= 0.3 is 0 Å². The third-order valence-electron chi connectivity index (χ3n) is 4.53. The third kappa shape index (κ3) is 6.29. The van der Waals surface area contributed by atoms with Crippen LogP contribution in [0.3, 0.4) is 0 Å². The zero-order valence-corrected chi connectivity index (χ0v) is 16.9. The van der Waals surface area contributed by atoms with Gasteiger partial charge in [-0.05, 0) is 55.4 Å². The summed E-state index contributed by atoms with van der Waals surface area (Å²) in [4.78, 5) is 14.3. The Morgan fingerprint density at radius 3 is 2.04 bits per heavy atom. The molecule has 0 aliphatic rings. The van der Waals surface area contributed by atoms with Crippen molar-refractivity contribution in [2.24, 2.45) is 0 Å². The number of nitrogens with zero attached hydrogens (tertiary/aromatic N) is 1.